The summed E-state index contributed by atoms with van der Waals surface area (Å²) in [5.41, 5.74) is 5.62. The first kappa shape index (κ1) is 16.8. The molecule has 1 fully saturated rings. The molecule has 1 aliphatic heterocycles. The zero-order valence-corrected chi connectivity index (χ0v) is 13.7. The third kappa shape index (κ3) is 3.85. The molecule has 1 unspecified atom stereocenters. The smallest absolute Gasteiger partial charge is 0.282 e. The van der Waals surface area contributed by atoms with Crippen LogP contribution >= 0.6 is 12.2 Å². The van der Waals surface area contributed by atoms with Crippen molar-refractivity contribution in [1.82, 2.24) is 13.5 Å². The van der Waals surface area contributed by atoms with Crippen LogP contribution in [0.15, 0.2) is 0 Å². The Morgan fingerprint density at radius 1 is 1.21 bits per heavy atom. The summed E-state index contributed by atoms with van der Waals surface area (Å²) >= 11 is 4.97. The molecule has 0 radical (unpaired) electrons. The van der Waals surface area contributed by atoms with E-state index in [4.69, 9.17) is 18.0 Å². The highest BCUT2D eigenvalue weighted by molar-refractivity contribution is 7.86. The first-order chi connectivity index (χ1) is 8.67. The van der Waals surface area contributed by atoms with Crippen molar-refractivity contribution in [1.29, 1.82) is 0 Å². The standard InChI is InChI=1S/C11H24N4O2S2/c1-9(2)13(4)19(16,17)15-7-5-14(6-8-15)10(3)11(12)18/h9-10H,5-8H2,1-4H3,(H2,12,18). The number of thiocarbonyl (C=S) groups is 1. The highest BCUT2D eigenvalue weighted by atomic mass is 32.2. The second-order valence-electron chi connectivity index (χ2n) is 5.13. The zero-order chi connectivity index (χ0) is 14.8. The molecule has 112 valence electrons. The molecule has 0 aromatic rings. The zero-order valence-electron chi connectivity index (χ0n) is 12.0. The van der Waals surface area contributed by atoms with Crippen LogP contribution in [0.3, 0.4) is 0 Å². The van der Waals surface area contributed by atoms with Crippen molar-refractivity contribution in [2.75, 3.05) is 33.2 Å². The summed E-state index contributed by atoms with van der Waals surface area (Å²) in [7, 11) is -1.74. The van der Waals surface area contributed by atoms with Gasteiger partial charge in [-0.15, -0.1) is 0 Å². The van der Waals surface area contributed by atoms with Gasteiger partial charge < -0.3 is 5.73 Å². The van der Waals surface area contributed by atoms with Crippen molar-refractivity contribution in [3.05, 3.63) is 0 Å². The van der Waals surface area contributed by atoms with Crippen LogP contribution in [0.1, 0.15) is 20.8 Å². The Morgan fingerprint density at radius 2 is 1.68 bits per heavy atom. The lowest BCUT2D eigenvalue weighted by Crippen LogP contribution is -2.56. The van der Waals surface area contributed by atoms with Crippen molar-refractivity contribution >= 4 is 27.4 Å². The van der Waals surface area contributed by atoms with Crippen LogP contribution in [0, 0.1) is 0 Å². The number of nitrogens with two attached hydrogens (primary N) is 1. The molecule has 8 heteroatoms. The highest BCUT2D eigenvalue weighted by Crippen LogP contribution is 2.14. The Morgan fingerprint density at radius 3 is 2.05 bits per heavy atom. The Bertz CT molecular complexity index is 416. The molecule has 6 nitrogen and oxygen atoms in total. The molecule has 0 bridgehead atoms. The van der Waals surface area contributed by atoms with E-state index < -0.39 is 10.2 Å². The number of nitrogens with zero attached hydrogens (tertiary/aromatic N) is 3. The third-order valence-corrected chi connectivity index (χ3v) is 6.16. The highest BCUT2D eigenvalue weighted by Gasteiger charge is 2.32. The van der Waals surface area contributed by atoms with E-state index >= 15 is 0 Å². The van der Waals surface area contributed by atoms with E-state index in [0.717, 1.165) is 0 Å². The van der Waals surface area contributed by atoms with E-state index in [1.54, 1.807) is 7.05 Å². The second kappa shape index (κ2) is 6.45. The minimum Gasteiger partial charge on any atom is -0.392 e. The number of rotatable bonds is 5. The van der Waals surface area contributed by atoms with Crippen molar-refractivity contribution < 1.29 is 8.42 Å². The molecule has 0 aromatic carbocycles. The van der Waals surface area contributed by atoms with Crippen LogP contribution in [0.5, 0.6) is 0 Å². The maximum atomic E-state index is 12.3. The summed E-state index contributed by atoms with van der Waals surface area (Å²) in [6.07, 6.45) is 0. The molecule has 19 heavy (non-hydrogen) atoms. The van der Waals surface area contributed by atoms with E-state index in [1.165, 1.54) is 8.61 Å². The molecule has 1 atom stereocenters. The number of hydrogen-bond donors (Lipinski definition) is 1. The predicted molar refractivity (Wildman–Crippen MR) is 81.2 cm³/mol. The molecule has 1 heterocycles. The summed E-state index contributed by atoms with van der Waals surface area (Å²) in [5, 5.41) is 0. The lowest BCUT2D eigenvalue weighted by molar-refractivity contribution is 0.168. The first-order valence-corrected chi connectivity index (χ1v) is 8.25. The maximum absolute atomic E-state index is 12.3. The quantitative estimate of drug-likeness (QED) is 0.716. The van der Waals surface area contributed by atoms with Gasteiger partial charge in [-0.2, -0.15) is 17.0 Å². The van der Waals surface area contributed by atoms with E-state index in [0.29, 0.717) is 31.2 Å². The van der Waals surface area contributed by atoms with Gasteiger partial charge in [0, 0.05) is 39.3 Å². The van der Waals surface area contributed by atoms with Crippen LogP contribution in [0.2, 0.25) is 0 Å². The summed E-state index contributed by atoms with van der Waals surface area (Å²) in [4.78, 5) is 2.57. The molecule has 0 aromatic heterocycles. The third-order valence-electron chi connectivity index (χ3n) is 3.65. The SMILES string of the molecule is CC(C(N)=S)N1CCN(S(=O)(=O)N(C)C(C)C)CC1. The summed E-state index contributed by atoms with van der Waals surface area (Å²) < 4.78 is 27.6. The average Bonchev–Trinajstić information content (AvgIpc) is 2.36. The van der Waals surface area contributed by atoms with Gasteiger partial charge in [0.05, 0.1) is 11.0 Å². The molecule has 0 spiro atoms. The van der Waals surface area contributed by atoms with Crippen LogP contribution in [0.25, 0.3) is 0 Å². The molecular weight excluding hydrogens is 284 g/mol. The van der Waals surface area contributed by atoms with E-state index in [-0.39, 0.29) is 12.1 Å². The van der Waals surface area contributed by atoms with E-state index in [1.807, 2.05) is 20.8 Å². The topological polar surface area (TPSA) is 69.9 Å². The monoisotopic (exact) mass is 308 g/mol. The largest absolute Gasteiger partial charge is 0.392 e. The molecule has 1 aliphatic rings. The summed E-state index contributed by atoms with van der Waals surface area (Å²) in [5.74, 6) is 0. The number of piperazine rings is 1. The lowest BCUT2D eigenvalue weighted by Gasteiger charge is -2.38. The van der Waals surface area contributed by atoms with Crippen LogP contribution in [-0.4, -0.2) is 72.2 Å². The fourth-order valence-electron chi connectivity index (χ4n) is 1.95. The van der Waals surface area contributed by atoms with Crippen LogP contribution < -0.4 is 5.73 Å². The molecule has 0 aliphatic carbocycles. The van der Waals surface area contributed by atoms with Gasteiger partial charge in [-0.3, -0.25) is 4.90 Å². The van der Waals surface area contributed by atoms with Gasteiger partial charge in [-0.25, -0.2) is 0 Å². The van der Waals surface area contributed by atoms with Gasteiger partial charge in [0.1, 0.15) is 0 Å². The van der Waals surface area contributed by atoms with Gasteiger partial charge in [-0.1, -0.05) is 12.2 Å². The number of hydrogen-bond acceptors (Lipinski definition) is 4. The van der Waals surface area contributed by atoms with E-state index in [2.05, 4.69) is 4.90 Å². The summed E-state index contributed by atoms with van der Waals surface area (Å²) in [6.45, 7) is 7.95. The molecular formula is C11H24N4O2S2. The van der Waals surface area contributed by atoms with Crippen molar-refractivity contribution in [3.8, 4) is 0 Å². The predicted octanol–water partition coefficient (Wildman–Crippen LogP) is -0.136. The lowest BCUT2D eigenvalue weighted by atomic mass is 10.2. The minimum absolute atomic E-state index is 0.0164. The summed E-state index contributed by atoms with van der Waals surface area (Å²) in [6, 6.07) is -0.0266. The van der Waals surface area contributed by atoms with Gasteiger partial charge in [0.25, 0.3) is 10.2 Å². The minimum atomic E-state index is -3.35. The Balaban J connectivity index is 2.66. The van der Waals surface area contributed by atoms with Gasteiger partial charge in [0.15, 0.2) is 0 Å². The Hall–Kier alpha value is -0.280. The van der Waals surface area contributed by atoms with E-state index in [9.17, 15) is 8.42 Å². The normalized spacial score (nSPS) is 20.9. The maximum Gasteiger partial charge on any atom is 0.282 e. The van der Waals surface area contributed by atoms with Crippen molar-refractivity contribution in [2.45, 2.75) is 32.9 Å². The molecule has 2 N–H and O–H groups in total. The second-order valence-corrected chi connectivity index (χ2v) is 7.59. The fourth-order valence-corrected chi connectivity index (χ4v) is 3.62. The van der Waals surface area contributed by atoms with Crippen molar-refractivity contribution in [2.24, 2.45) is 5.73 Å². The van der Waals surface area contributed by atoms with Gasteiger partial charge in [0.2, 0.25) is 0 Å². The van der Waals surface area contributed by atoms with Crippen molar-refractivity contribution in [3.63, 3.8) is 0 Å². The van der Waals surface area contributed by atoms with Gasteiger partial charge in [-0.05, 0) is 20.8 Å². The molecule has 1 rings (SSSR count). The Labute approximate surface area is 121 Å². The fraction of sp³-hybridized carbons (Fsp3) is 0.909. The Kier molecular flexibility index (Phi) is 5.69. The van der Waals surface area contributed by atoms with Crippen LogP contribution in [-0.2, 0) is 10.2 Å². The first-order valence-electron chi connectivity index (χ1n) is 6.44. The molecule has 0 saturated carbocycles. The van der Waals surface area contributed by atoms with Gasteiger partial charge >= 0.3 is 0 Å². The molecule has 1 saturated heterocycles. The van der Waals surface area contributed by atoms with Crippen LogP contribution in [0.4, 0.5) is 0 Å². The average molecular weight is 308 g/mol. The molecule has 0 amide bonds.